The van der Waals surface area contributed by atoms with Crippen LogP contribution in [0.4, 0.5) is 0 Å². The number of nitrogens with zero attached hydrogens (tertiary/aromatic N) is 1. The molecule has 4 rings (SSSR count). The van der Waals surface area contributed by atoms with E-state index in [2.05, 4.69) is 4.90 Å². The first kappa shape index (κ1) is 16.5. The van der Waals surface area contributed by atoms with Crippen LogP contribution in [0.5, 0.6) is 17.2 Å². The van der Waals surface area contributed by atoms with Crippen LogP contribution in [0.2, 0.25) is 0 Å². The normalized spacial score (nSPS) is 12.9. The van der Waals surface area contributed by atoms with Gasteiger partial charge >= 0.3 is 5.63 Å². The molecular weight excluding hydrogens is 334 g/mol. The molecule has 1 aliphatic heterocycles. The number of hydrogen-bond acceptors (Lipinski definition) is 6. The van der Waals surface area contributed by atoms with Crippen molar-refractivity contribution in [3.8, 4) is 17.2 Å². The predicted octanol–water partition coefficient (Wildman–Crippen LogP) is 3.17. The summed E-state index contributed by atoms with van der Waals surface area (Å²) < 4.78 is 16.1. The highest BCUT2D eigenvalue weighted by Gasteiger charge is 2.15. The Labute approximate surface area is 150 Å². The number of phenols is 1. The van der Waals surface area contributed by atoms with Crippen LogP contribution in [0.15, 0.2) is 45.6 Å². The Morgan fingerprint density at radius 1 is 1.08 bits per heavy atom. The maximum Gasteiger partial charge on any atom is 0.336 e. The number of ether oxygens (including phenoxy) is 2. The minimum Gasteiger partial charge on any atom is -0.508 e. The van der Waals surface area contributed by atoms with E-state index in [4.69, 9.17) is 13.9 Å². The lowest BCUT2D eigenvalue weighted by molar-refractivity contribution is 0.174. The summed E-state index contributed by atoms with van der Waals surface area (Å²) in [4.78, 5) is 14.0. The van der Waals surface area contributed by atoms with E-state index in [0.29, 0.717) is 24.2 Å². The van der Waals surface area contributed by atoms with Gasteiger partial charge in [0.1, 0.15) is 11.3 Å². The Hall–Kier alpha value is -2.99. The van der Waals surface area contributed by atoms with Gasteiger partial charge in [0.2, 0.25) is 6.79 Å². The van der Waals surface area contributed by atoms with Crippen molar-refractivity contribution in [3.05, 3.63) is 63.5 Å². The van der Waals surface area contributed by atoms with Gasteiger partial charge in [0.15, 0.2) is 11.5 Å². The van der Waals surface area contributed by atoms with Gasteiger partial charge in [-0.25, -0.2) is 4.79 Å². The maximum absolute atomic E-state index is 11.9. The lowest BCUT2D eigenvalue weighted by Crippen LogP contribution is -2.18. The van der Waals surface area contributed by atoms with Gasteiger partial charge < -0.3 is 19.0 Å². The van der Waals surface area contributed by atoms with E-state index in [-0.39, 0.29) is 12.5 Å². The molecule has 1 aliphatic rings. The molecule has 6 nitrogen and oxygen atoms in total. The molecule has 0 aliphatic carbocycles. The summed E-state index contributed by atoms with van der Waals surface area (Å²) in [6.45, 7) is 3.25. The second kappa shape index (κ2) is 6.38. The third-order valence-electron chi connectivity index (χ3n) is 4.55. The summed E-state index contributed by atoms with van der Waals surface area (Å²) >= 11 is 0. The molecule has 0 unspecified atom stereocenters. The first-order valence-corrected chi connectivity index (χ1v) is 8.33. The largest absolute Gasteiger partial charge is 0.508 e. The Morgan fingerprint density at radius 2 is 1.88 bits per heavy atom. The summed E-state index contributed by atoms with van der Waals surface area (Å²) in [6, 6.07) is 10.8. The number of aromatic hydroxyl groups is 1. The van der Waals surface area contributed by atoms with E-state index < -0.39 is 5.63 Å². The summed E-state index contributed by atoms with van der Waals surface area (Å²) in [7, 11) is 1.98. The molecule has 134 valence electrons. The quantitative estimate of drug-likeness (QED) is 0.727. The molecule has 0 fully saturated rings. The van der Waals surface area contributed by atoms with Gasteiger partial charge in [0.05, 0.1) is 0 Å². The van der Waals surface area contributed by atoms with Crippen LogP contribution < -0.4 is 15.1 Å². The second-order valence-corrected chi connectivity index (χ2v) is 6.54. The van der Waals surface area contributed by atoms with Crippen molar-refractivity contribution >= 4 is 11.0 Å². The van der Waals surface area contributed by atoms with Crippen molar-refractivity contribution in [2.24, 2.45) is 0 Å². The molecule has 0 spiro atoms. The zero-order chi connectivity index (χ0) is 18.3. The van der Waals surface area contributed by atoms with Crippen molar-refractivity contribution in [3.63, 3.8) is 0 Å². The van der Waals surface area contributed by atoms with Crippen molar-refractivity contribution in [2.45, 2.75) is 20.0 Å². The highest BCUT2D eigenvalue weighted by Crippen LogP contribution is 2.33. The third-order valence-corrected chi connectivity index (χ3v) is 4.55. The molecule has 1 aromatic heterocycles. The van der Waals surface area contributed by atoms with Crippen LogP contribution >= 0.6 is 0 Å². The Bertz CT molecular complexity index is 1040. The molecule has 0 atom stereocenters. The molecule has 0 bridgehead atoms. The van der Waals surface area contributed by atoms with E-state index in [9.17, 15) is 9.90 Å². The Morgan fingerprint density at radius 3 is 2.73 bits per heavy atom. The number of hydrogen-bond donors (Lipinski definition) is 1. The lowest BCUT2D eigenvalue weighted by atomic mass is 10.1. The van der Waals surface area contributed by atoms with Gasteiger partial charge in [-0.05, 0) is 49.4 Å². The van der Waals surface area contributed by atoms with Crippen molar-refractivity contribution in [1.29, 1.82) is 0 Å². The maximum atomic E-state index is 11.9. The van der Waals surface area contributed by atoms with Gasteiger partial charge in [-0.15, -0.1) is 0 Å². The first-order chi connectivity index (χ1) is 12.5. The number of fused-ring (bicyclic) bond motifs is 2. The fourth-order valence-corrected chi connectivity index (χ4v) is 3.24. The van der Waals surface area contributed by atoms with E-state index in [1.807, 2.05) is 25.2 Å². The molecular formula is C20H19NO5. The van der Waals surface area contributed by atoms with Gasteiger partial charge in [-0.1, -0.05) is 6.07 Å². The van der Waals surface area contributed by atoms with E-state index >= 15 is 0 Å². The zero-order valence-electron chi connectivity index (χ0n) is 14.6. The lowest BCUT2D eigenvalue weighted by Gasteiger charge is -2.18. The second-order valence-electron chi connectivity index (χ2n) is 6.54. The highest BCUT2D eigenvalue weighted by atomic mass is 16.7. The van der Waals surface area contributed by atoms with Crippen LogP contribution in [0.25, 0.3) is 11.0 Å². The van der Waals surface area contributed by atoms with Crippen LogP contribution in [-0.2, 0) is 13.1 Å². The molecule has 0 saturated carbocycles. The molecule has 26 heavy (non-hydrogen) atoms. The van der Waals surface area contributed by atoms with Crippen LogP contribution in [0.1, 0.15) is 16.7 Å². The minimum absolute atomic E-state index is 0.117. The van der Waals surface area contributed by atoms with Crippen molar-refractivity contribution in [2.75, 3.05) is 13.8 Å². The van der Waals surface area contributed by atoms with Crippen molar-refractivity contribution in [1.82, 2.24) is 4.90 Å². The third kappa shape index (κ3) is 2.99. The smallest absolute Gasteiger partial charge is 0.336 e. The van der Waals surface area contributed by atoms with Crippen LogP contribution in [0.3, 0.4) is 0 Å². The van der Waals surface area contributed by atoms with Gasteiger partial charge in [-0.3, -0.25) is 4.90 Å². The monoisotopic (exact) mass is 353 g/mol. The first-order valence-electron chi connectivity index (χ1n) is 8.33. The fraction of sp³-hybridized carbons (Fsp3) is 0.250. The van der Waals surface area contributed by atoms with E-state index in [1.165, 1.54) is 6.07 Å². The molecule has 0 radical (unpaired) electrons. The molecule has 2 heterocycles. The van der Waals surface area contributed by atoms with E-state index in [0.717, 1.165) is 28.0 Å². The number of benzene rings is 2. The average Bonchev–Trinajstić information content (AvgIpc) is 3.06. The summed E-state index contributed by atoms with van der Waals surface area (Å²) in [5, 5.41) is 10.7. The van der Waals surface area contributed by atoms with Gasteiger partial charge in [0, 0.05) is 30.1 Å². The average molecular weight is 353 g/mol. The molecule has 0 amide bonds. The number of phenolic OH excluding ortho intramolecular Hbond substituents is 1. The molecule has 2 aromatic carbocycles. The zero-order valence-corrected chi connectivity index (χ0v) is 14.6. The van der Waals surface area contributed by atoms with Crippen LogP contribution in [0, 0.1) is 6.92 Å². The molecule has 3 aromatic rings. The molecule has 1 N–H and O–H groups in total. The minimum atomic E-state index is -0.419. The number of aryl methyl sites for hydroxylation is 1. The fourth-order valence-electron chi connectivity index (χ4n) is 3.24. The summed E-state index contributed by atoms with van der Waals surface area (Å²) in [6.07, 6.45) is 0. The summed E-state index contributed by atoms with van der Waals surface area (Å²) in [5.41, 5.74) is 2.54. The SMILES string of the molecule is Cc1c(O)ccc2c(CN(C)Cc3ccc4c(c3)OCO4)cc(=O)oc12. The molecule has 6 heteroatoms. The number of rotatable bonds is 4. The standard InChI is InChI=1S/C20H19NO5/c1-12-16(22)5-4-15-14(8-19(23)26-20(12)15)10-21(2)9-13-3-6-17-18(7-13)25-11-24-17/h3-8,22H,9-11H2,1-2H3. The highest BCUT2D eigenvalue weighted by molar-refractivity contribution is 5.84. The molecule has 0 saturated heterocycles. The Kier molecular flexibility index (Phi) is 4.05. The van der Waals surface area contributed by atoms with Crippen LogP contribution in [-0.4, -0.2) is 23.8 Å². The topological polar surface area (TPSA) is 72.1 Å². The Balaban J connectivity index is 1.60. The van der Waals surface area contributed by atoms with Gasteiger partial charge in [0.25, 0.3) is 0 Å². The predicted molar refractivity (Wildman–Crippen MR) is 96.6 cm³/mol. The van der Waals surface area contributed by atoms with Crippen molar-refractivity contribution < 1.29 is 19.0 Å². The van der Waals surface area contributed by atoms with E-state index in [1.54, 1.807) is 19.1 Å². The summed E-state index contributed by atoms with van der Waals surface area (Å²) in [5.74, 6) is 1.64. The van der Waals surface area contributed by atoms with Gasteiger partial charge in [-0.2, -0.15) is 0 Å².